The van der Waals surface area contributed by atoms with Crippen LogP contribution in [-0.2, 0) is 0 Å². The highest BCUT2D eigenvalue weighted by Gasteiger charge is 2.63. The third-order valence-corrected chi connectivity index (χ3v) is 7.70. The van der Waals surface area contributed by atoms with Crippen molar-refractivity contribution in [1.29, 1.82) is 0 Å². The predicted molar refractivity (Wildman–Crippen MR) is 67.6 cm³/mol. The van der Waals surface area contributed by atoms with Crippen molar-refractivity contribution in [2.75, 3.05) is 0 Å². The number of rotatable bonds is 0. The first-order chi connectivity index (χ1) is 8.74. The smallest absolute Gasteiger partial charge is 0.0576 e. The topological polar surface area (TPSA) is 40.5 Å². The molecule has 0 aromatic carbocycles. The molecule has 0 aromatic rings. The van der Waals surface area contributed by atoms with E-state index in [9.17, 15) is 10.2 Å². The Balaban J connectivity index is 1.63. The zero-order chi connectivity index (χ0) is 12.0. The van der Waals surface area contributed by atoms with E-state index in [4.69, 9.17) is 0 Å². The maximum absolute atomic E-state index is 10.5. The molecule has 0 heterocycles. The van der Waals surface area contributed by atoms with Crippen LogP contribution in [0, 0.1) is 47.3 Å². The summed E-state index contributed by atoms with van der Waals surface area (Å²) in [6.45, 7) is 0. The van der Waals surface area contributed by atoms with Crippen LogP contribution in [0.1, 0.15) is 38.5 Å². The molecule has 5 aliphatic carbocycles. The molecule has 10 atom stereocenters. The fourth-order valence-electron chi connectivity index (χ4n) is 7.41. The Hall–Kier alpha value is -0.0800. The number of hydrogen-bond donors (Lipinski definition) is 2. The zero-order valence-corrected chi connectivity index (χ0v) is 10.9. The molecule has 2 N–H and O–H groups in total. The van der Waals surface area contributed by atoms with E-state index >= 15 is 0 Å². The molecule has 5 aliphatic rings. The second-order valence-corrected chi connectivity index (χ2v) is 7.99. The van der Waals surface area contributed by atoms with Gasteiger partial charge in [0, 0.05) is 0 Å². The summed E-state index contributed by atoms with van der Waals surface area (Å²) in [6, 6.07) is 0. The maximum atomic E-state index is 10.5. The van der Waals surface area contributed by atoms with Crippen LogP contribution in [0.3, 0.4) is 0 Å². The summed E-state index contributed by atoms with van der Waals surface area (Å²) in [5.41, 5.74) is 0. The van der Waals surface area contributed by atoms with Crippen molar-refractivity contribution in [3.05, 3.63) is 0 Å². The lowest BCUT2D eigenvalue weighted by molar-refractivity contribution is 0.0357. The monoisotopic (exact) mass is 248 g/mol. The maximum Gasteiger partial charge on any atom is 0.0576 e. The van der Waals surface area contributed by atoms with E-state index in [0.717, 1.165) is 48.3 Å². The van der Waals surface area contributed by atoms with Crippen molar-refractivity contribution in [3.63, 3.8) is 0 Å². The molecule has 18 heavy (non-hydrogen) atoms. The molecule has 0 radical (unpaired) electrons. The van der Waals surface area contributed by atoms with E-state index in [2.05, 4.69) is 0 Å². The van der Waals surface area contributed by atoms with Crippen LogP contribution < -0.4 is 0 Å². The van der Waals surface area contributed by atoms with Crippen LogP contribution in [0.15, 0.2) is 0 Å². The van der Waals surface area contributed by atoms with Gasteiger partial charge in [-0.3, -0.25) is 0 Å². The van der Waals surface area contributed by atoms with Gasteiger partial charge in [0.15, 0.2) is 0 Å². The molecular formula is C16H24O2. The molecule has 5 fully saturated rings. The van der Waals surface area contributed by atoms with Gasteiger partial charge in [0.2, 0.25) is 0 Å². The molecule has 0 spiro atoms. The summed E-state index contributed by atoms with van der Waals surface area (Å²) in [4.78, 5) is 0. The highest BCUT2D eigenvalue weighted by molar-refractivity contribution is 5.12. The van der Waals surface area contributed by atoms with Crippen LogP contribution in [0.5, 0.6) is 0 Å². The predicted octanol–water partition coefficient (Wildman–Crippen LogP) is 2.05. The zero-order valence-electron chi connectivity index (χ0n) is 10.9. The summed E-state index contributed by atoms with van der Waals surface area (Å²) in [7, 11) is 0. The third kappa shape index (κ3) is 1.09. The van der Waals surface area contributed by atoms with Gasteiger partial charge in [0.05, 0.1) is 12.2 Å². The molecule has 5 saturated carbocycles. The van der Waals surface area contributed by atoms with Crippen LogP contribution in [0.25, 0.3) is 0 Å². The molecule has 0 aliphatic heterocycles. The van der Waals surface area contributed by atoms with Gasteiger partial charge >= 0.3 is 0 Å². The molecule has 0 aromatic heterocycles. The van der Waals surface area contributed by atoms with Crippen molar-refractivity contribution in [2.45, 2.75) is 50.7 Å². The van der Waals surface area contributed by atoms with Crippen molar-refractivity contribution in [3.8, 4) is 0 Å². The second-order valence-electron chi connectivity index (χ2n) is 7.99. The van der Waals surface area contributed by atoms with Crippen molar-refractivity contribution >= 4 is 0 Å². The van der Waals surface area contributed by atoms with E-state index in [0.29, 0.717) is 11.8 Å². The van der Waals surface area contributed by atoms with Crippen LogP contribution in [0.4, 0.5) is 0 Å². The number of aliphatic hydroxyl groups excluding tert-OH is 2. The van der Waals surface area contributed by atoms with Gasteiger partial charge in [-0.1, -0.05) is 0 Å². The number of fused-ring (bicyclic) bond motifs is 5. The first kappa shape index (κ1) is 10.7. The van der Waals surface area contributed by atoms with Crippen LogP contribution in [0.2, 0.25) is 0 Å². The van der Waals surface area contributed by atoms with E-state index in [1.54, 1.807) is 0 Å². The van der Waals surface area contributed by atoms with E-state index in [-0.39, 0.29) is 12.2 Å². The molecule has 5 rings (SSSR count). The van der Waals surface area contributed by atoms with Gasteiger partial charge < -0.3 is 10.2 Å². The minimum atomic E-state index is -0.0148. The average molecular weight is 248 g/mol. The first-order valence-electron chi connectivity index (χ1n) is 8.10. The van der Waals surface area contributed by atoms with Gasteiger partial charge in [0.25, 0.3) is 0 Å². The van der Waals surface area contributed by atoms with Crippen molar-refractivity contribution < 1.29 is 10.2 Å². The Morgan fingerprint density at radius 3 is 1.56 bits per heavy atom. The lowest BCUT2D eigenvalue weighted by Gasteiger charge is -2.34. The van der Waals surface area contributed by atoms with Gasteiger partial charge in [0.1, 0.15) is 0 Å². The largest absolute Gasteiger partial charge is 0.393 e. The summed E-state index contributed by atoms with van der Waals surface area (Å²) < 4.78 is 0. The summed E-state index contributed by atoms with van der Waals surface area (Å²) in [5.74, 6) is 5.97. The number of hydrogen-bond acceptors (Lipinski definition) is 2. The quantitative estimate of drug-likeness (QED) is 0.689. The summed E-state index contributed by atoms with van der Waals surface area (Å²) >= 11 is 0. The minimum Gasteiger partial charge on any atom is -0.393 e. The fraction of sp³-hybridized carbons (Fsp3) is 1.00. The molecule has 2 nitrogen and oxygen atoms in total. The molecule has 0 amide bonds. The van der Waals surface area contributed by atoms with Crippen LogP contribution >= 0.6 is 0 Å². The molecular weight excluding hydrogens is 224 g/mol. The lowest BCUT2D eigenvalue weighted by atomic mass is 9.72. The SMILES string of the molecule is O[C@@H]1C[C@@H]2[C@@H]3C[C@H](O)[C@H]4[C@H]5CC[C@@H](C5)[C@@H]1[C@H]2C[C@@H]34. The normalized spacial score (nSPS) is 68.3. The van der Waals surface area contributed by atoms with Crippen LogP contribution in [-0.4, -0.2) is 22.4 Å². The van der Waals surface area contributed by atoms with Gasteiger partial charge in [-0.15, -0.1) is 0 Å². The van der Waals surface area contributed by atoms with Gasteiger partial charge in [-0.05, 0) is 85.9 Å². The second kappa shape index (κ2) is 3.32. The fourth-order valence-corrected chi connectivity index (χ4v) is 7.41. The Labute approximate surface area is 109 Å². The highest BCUT2D eigenvalue weighted by Crippen LogP contribution is 2.67. The van der Waals surface area contributed by atoms with Gasteiger partial charge in [-0.2, -0.15) is 0 Å². The van der Waals surface area contributed by atoms with Gasteiger partial charge in [-0.25, -0.2) is 0 Å². The highest BCUT2D eigenvalue weighted by atomic mass is 16.3. The Kier molecular flexibility index (Phi) is 1.97. The summed E-state index contributed by atoms with van der Waals surface area (Å²) in [6.07, 6.45) is 7.39. The molecule has 0 unspecified atom stereocenters. The summed E-state index contributed by atoms with van der Waals surface area (Å²) in [5, 5.41) is 21.0. The Morgan fingerprint density at radius 1 is 0.556 bits per heavy atom. The number of aliphatic hydroxyl groups is 2. The van der Waals surface area contributed by atoms with E-state index in [1.165, 1.54) is 25.7 Å². The first-order valence-corrected chi connectivity index (χ1v) is 8.10. The molecule has 2 heteroatoms. The minimum absolute atomic E-state index is 0.0148. The average Bonchev–Trinajstić information content (AvgIpc) is 2.99. The standard InChI is InChI=1S/C16H24O2/c17-13-5-9-10-6-14(18)16-8-2-1-7(3-8)15(13)11(9)4-12(10)16/h7-18H,1-6H2/t7-,8-,9-,10+,11-,12-,13-,14+,15-,16+/m0/s1. The Morgan fingerprint density at radius 2 is 1.06 bits per heavy atom. The Bertz CT molecular complexity index is 347. The molecule has 0 saturated heterocycles. The third-order valence-electron chi connectivity index (χ3n) is 7.70. The van der Waals surface area contributed by atoms with E-state index in [1.807, 2.05) is 0 Å². The molecule has 100 valence electrons. The lowest BCUT2D eigenvalue weighted by Crippen LogP contribution is -2.33. The molecule has 4 bridgehead atoms. The van der Waals surface area contributed by atoms with Crippen molar-refractivity contribution in [1.82, 2.24) is 0 Å². The van der Waals surface area contributed by atoms with Crippen molar-refractivity contribution in [2.24, 2.45) is 47.3 Å². The van der Waals surface area contributed by atoms with E-state index < -0.39 is 0 Å².